The van der Waals surface area contributed by atoms with Gasteiger partial charge in [-0.15, -0.1) is 0 Å². The van der Waals surface area contributed by atoms with E-state index < -0.39 is 9.84 Å². The summed E-state index contributed by atoms with van der Waals surface area (Å²) in [6.07, 6.45) is 6.05. The molecule has 11 heteroatoms. The topological polar surface area (TPSA) is 120 Å². The van der Waals surface area contributed by atoms with Gasteiger partial charge >= 0.3 is 0 Å². The van der Waals surface area contributed by atoms with Gasteiger partial charge in [0.25, 0.3) is 5.91 Å². The predicted octanol–water partition coefficient (Wildman–Crippen LogP) is 4.51. The summed E-state index contributed by atoms with van der Waals surface area (Å²) in [7, 11) is -3.51. The number of hydrogen-bond acceptors (Lipinski definition) is 9. The van der Waals surface area contributed by atoms with E-state index in [1.54, 1.807) is 18.3 Å². The number of hydrogen-bond donors (Lipinski definition) is 1. The van der Waals surface area contributed by atoms with E-state index in [4.69, 9.17) is 19.2 Å². The molecule has 1 unspecified atom stereocenters. The van der Waals surface area contributed by atoms with Crippen molar-refractivity contribution < 1.29 is 27.4 Å². The summed E-state index contributed by atoms with van der Waals surface area (Å²) in [6, 6.07) is 16.9. The van der Waals surface area contributed by atoms with E-state index in [1.807, 2.05) is 24.3 Å². The molecule has 0 aliphatic carbocycles. The maximum Gasteiger partial charge on any atom is 0.251 e. The summed E-state index contributed by atoms with van der Waals surface area (Å²) in [6.45, 7) is 2.72. The lowest BCUT2D eigenvalue weighted by Crippen LogP contribution is -2.25. The average molecular weight is 615 g/mol. The summed E-state index contributed by atoms with van der Waals surface area (Å²) in [5, 5.41) is 3.77. The highest BCUT2D eigenvalue weighted by atomic mass is 32.2. The van der Waals surface area contributed by atoms with Crippen molar-refractivity contribution in [2.75, 3.05) is 37.0 Å². The number of amides is 1. The van der Waals surface area contributed by atoms with Crippen LogP contribution in [0.3, 0.4) is 0 Å². The first-order valence-corrected chi connectivity index (χ1v) is 16.7. The van der Waals surface area contributed by atoms with Gasteiger partial charge in [0.1, 0.15) is 18.2 Å². The highest BCUT2D eigenvalue weighted by molar-refractivity contribution is 7.91. The first-order valence-electron chi connectivity index (χ1n) is 15.1. The van der Waals surface area contributed by atoms with Gasteiger partial charge in [-0.2, -0.15) is 0 Å². The second-order valence-electron chi connectivity index (χ2n) is 11.4. The van der Waals surface area contributed by atoms with Gasteiger partial charge in [0, 0.05) is 42.1 Å². The zero-order valence-corrected chi connectivity index (χ0v) is 25.1. The fourth-order valence-corrected chi connectivity index (χ4v) is 7.37. The predicted molar refractivity (Wildman–Crippen MR) is 165 cm³/mol. The molecule has 1 saturated heterocycles. The van der Waals surface area contributed by atoms with Gasteiger partial charge in [-0.05, 0) is 73.2 Å². The fourth-order valence-electron chi connectivity index (χ4n) is 5.98. The summed E-state index contributed by atoms with van der Waals surface area (Å²) >= 11 is 0. The molecule has 1 N–H and O–H groups in total. The lowest BCUT2D eigenvalue weighted by Gasteiger charge is -2.31. The van der Waals surface area contributed by atoms with E-state index in [0.717, 1.165) is 67.0 Å². The molecule has 1 atom stereocenters. The number of anilines is 2. The average Bonchev–Trinajstić information content (AvgIpc) is 3.52. The minimum atomic E-state index is -3.51. The van der Waals surface area contributed by atoms with E-state index in [2.05, 4.69) is 27.3 Å². The molecule has 7 rings (SSSR count). The number of nitrogens with zero attached hydrogens (tertiary/aromatic N) is 3. The zero-order valence-electron chi connectivity index (χ0n) is 24.3. The van der Waals surface area contributed by atoms with Gasteiger partial charge in [0.2, 0.25) is 0 Å². The molecule has 3 aliphatic heterocycles. The minimum absolute atomic E-state index is 0.102. The maximum atomic E-state index is 13.0. The van der Waals surface area contributed by atoms with E-state index in [-0.39, 0.29) is 48.0 Å². The summed E-state index contributed by atoms with van der Waals surface area (Å²) in [5.41, 5.74) is 4.63. The molecule has 44 heavy (non-hydrogen) atoms. The number of sulfone groups is 1. The molecule has 4 aromatic rings. The molecule has 2 aromatic heterocycles. The normalized spacial score (nSPS) is 19.2. The molecule has 2 aromatic carbocycles. The van der Waals surface area contributed by atoms with Crippen LogP contribution in [0.4, 0.5) is 11.5 Å². The number of nitrogens with one attached hydrogen (secondary N) is 1. The molecule has 5 heterocycles. The van der Waals surface area contributed by atoms with E-state index in [1.165, 1.54) is 11.6 Å². The van der Waals surface area contributed by atoms with Gasteiger partial charge in [-0.25, -0.2) is 13.4 Å². The van der Waals surface area contributed by atoms with Crippen LogP contribution in [-0.4, -0.2) is 62.5 Å². The first kappa shape index (κ1) is 28.7. The lowest BCUT2D eigenvalue weighted by molar-refractivity contribution is 0.0679. The number of aryl methyl sites for hydroxylation is 1. The number of carbonyl (C=O) groups is 1. The largest absolute Gasteiger partial charge is 0.491 e. The van der Waals surface area contributed by atoms with Gasteiger partial charge < -0.3 is 24.4 Å². The van der Waals surface area contributed by atoms with Crippen molar-refractivity contribution >= 4 is 38.2 Å². The molecule has 228 valence electrons. The Labute approximate surface area is 256 Å². The number of carbonyl (C=O) groups excluding carboxylic acids is 1. The monoisotopic (exact) mass is 614 g/mol. The Morgan fingerprint density at radius 1 is 1.05 bits per heavy atom. The molecular formula is C33H34N4O6S. The van der Waals surface area contributed by atoms with Crippen molar-refractivity contribution in [2.45, 2.75) is 49.8 Å². The molecule has 0 bridgehead atoms. The molecule has 10 nitrogen and oxygen atoms in total. The Kier molecular flexibility index (Phi) is 7.92. The Hall–Kier alpha value is -4.06. The van der Waals surface area contributed by atoms with Gasteiger partial charge in [0.15, 0.2) is 9.84 Å². The Morgan fingerprint density at radius 3 is 2.84 bits per heavy atom. The van der Waals surface area contributed by atoms with Gasteiger partial charge in [-0.3, -0.25) is 9.78 Å². The van der Waals surface area contributed by atoms with Crippen LogP contribution in [0.1, 0.15) is 46.4 Å². The highest BCUT2D eigenvalue weighted by Gasteiger charge is 2.24. The minimum Gasteiger partial charge on any atom is -0.491 e. The number of benzene rings is 2. The molecule has 3 aliphatic rings. The van der Waals surface area contributed by atoms with Crippen LogP contribution in [0.5, 0.6) is 5.75 Å². The standard InChI is InChI=1S/C33H34N4O6S/c38-33(23-5-6-25-20-41-13-14-44(39,40)31(25)15-23)35-19-26-16-29-24(18-34-26)8-10-32(36-29)37-11-1-3-22-7-9-27(17-30(22)37)43-21-28-4-2-12-42-28/h5-10,15-18,28H,1-4,11-14,19-21H2,(H,35,38). The van der Waals surface area contributed by atoms with Crippen LogP contribution in [0.25, 0.3) is 10.9 Å². The number of pyridine rings is 2. The number of fused-ring (bicyclic) bond motifs is 3. The third-order valence-electron chi connectivity index (χ3n) is 8.38. The Balaban J connectivity index is 1.08. The molecule has 0 spiro atoms. The quantitative estimate of drug-likeness (QED) is 0.321. The summed E-state index contributed by atoms with van der Waals surface area (Å²) in [4.78, 5) is 24.9. The van der Waals surface area contributed by atoms with E-state index in [9.17, 15) is 13.2 Å². The van der Waals surface area contributed by atoms with Crippen LogP contribution in [-0.2, 0) is 38.9 Å². The zero-order chi connectivity index (χ0) is 30.1. The van der Waals surface area contributed by atoms with Crippen LogP contribution >= 0.6 is 0 Å². The van der Waals surface area contributed by atoms with Crippen LogP contribution in [0.15, 0.2) is 65.7 Å². The van der Waals surface area contributed by atoms with Crippen molar-refractivity contribution in [1.82, 2.24) is 15.3 Å². The summed E-state index contributed by atoms with van der Waals surface area (Å²) in [5.74, 6) is 1.19. The van der Waals surface area contributed by atoms with Gasteiger partial charge in [0.05, 0.1) is 47.7 Å². The van der Waals surface area contributed by atoms with E-state index in [0.29, 0.717) is 17.9 Å². The number of aromatic nitrogens is 2. The third-order valence-corrected chi connectivity index (χ3v) is 10.1. The number of ether oxygens (including phenoxy) is 3. The fraction of sp³-hybridized carbons (Fsp3) is 0.364. The van der Waals surface area contributed by atoms with E-state index >= 15 is 0 Å². The Bertz CT molecular complexity index is 1820. The highest BCUT2D eigenvalue weighted by Crippen LogP contribution is 2.36. The SMILES string of the molecule is O=C(NCc1cc2nc(N3CCCc4ccc(OCC5CCCO5)cc43)ccc2cn1)c1ccc2c(c1)S(=O)(=O)CCOC2. The third kappa shape index (κ3) is 5.99. The molecule has 0 radical (unpaired) electrons. The van der Waals surface area contributed by atoms with Crippen molar-refractivity contribution in [3.63, 3.8) is 0 Å². The Morgan fingerprint density at radius 2 is 1.95 bits per heavy atom. The summed E-state index contributed by atoms with van der Waals surface area (Å²) < 4.78 is 42.5. The second kappa shape index (κ2) is 12.1. The number of rotatable bonds is 7. The van der Waals surface area contributed by atoms with Crippen molar-refractivity contribution in [2.24, 2.45) is 0 Å². The first-order chi connectivity index (χ1) is 21.4. The maximum absolute atomic E-state index is 13.0. The van der Waals surface area contributed by atoms with Crippen molar-refractivity contribution in [3.8, 4) is 5.75 Å². The van der Waals surface area contributed by atoms with Crippen LogP contribution in [0.2, 0.25) is 0 Å². The molecular weight excluding hydrogens is 580 g/mol. The second-order valence-corrected chi connectivity index (χ2v) is 13.5. The van der Waals surface area contributed by atoms with Crippen LogP contribution < -0.4 is 15.0 Å². The smallest absolute Gasteiger partial charge is 0.251 e. The van der Waals surface area contributed by atoms with Crippen LogP contribution in [0, 0.1) is 0 Å². The lowest BCUT2D eigenvalue weighted by atomic mass is 10.0. The molecule has 0 saturated carbocycles. The van der Waals surface area contributed by atoms with Gasteiger partial charge in [-0.1, -0.05) is 12.1 Å². The van der Waals surface area contributed by atoms with Crippen molar-refractivity contribution in [1.29, 1.82) is 0 Å². The van der Waals surface area contributed by atoms with Crippen molar-refractivity contribution in [3.05, 3.63) is 83.2 Å². The molecule has 1 fully saturated rings. The molecule has 1 amide bonds.